The third-order valence-electron chi connectivity index (χ3n) is 2.09. The highest BCUT2D eigenvalue weighted by molar-refractivity contribution is 9.10. The molecule has 4 heteroatoms. The highest BCUT2D eigenvalue weighted by Crippen LogP contribution is 2.27. The fourth-order valence-corrected chi connectivity index (χ4v) is 2.79. The van der Waals surface area contributed by atoms with E-state index in [1.807, 2.05) is 41.8 Å². The number of thiophene rings is 1. The second-order valence-corrected chi connectivity index (χ2v) is 5.10. The van der Waals surface area contributed by atoms with E-state index in [4.69, 9.17) is 5.26 Å². The topological polar surface area (TPSA) is 35.8 Å². The third kappa shape index (κ3) is 2.63. The number of halogens is 1. The molecule has 1 unspecified atom stereocenters. The van der Waals surface area contributed by atoms with Gasteiger partial charge in [0.05, 0.1) is 6.07 Å². The summed E-state index contributed by atoms with van der Waals surface area (Å²) in [6, 6.07) is 13.7. The van der Waals surface area contributed by atoms with Gasteiger partial charge in [0.1, 0.15) is 6.04 Å². The van der Waals surface area contributed by atoms with Gasteiger partial charge in [-0.25, -0.2) is 0 Å². The number of rotatable bonds is 3. The van der Waals surface area contributed by atoms with Gasteiger partial charge >= 0.3 is 0 Å². The average Bonchev–Trinajstić information content (AvgIpc) is 2.74. The van der Waals surface area contributed by atoms with Gasteiger partial charge in [-0.05, 0) is 34.1 Å². The second-order valence-electron chi connectivity index (χ2n) is 3.24. The highest BCUT2D eigenvalue weighted by atomic mass is 79.9. The van der Waals surface area contributed by atoms with Crippen LogP contribution in [0.1, 0.15) is 10.9 Å². The van der Waals surface area contributed by atoms with Crippen LogP contribution in [-0.2, 0) is 0 Å². The number of hydrogen-bond acceptors (Lipinski definition) is 3. The molecule has 2 nitrogen and oxygen atoms in total. The maximum atomic E-state index is 9.13. The van der Waals surface area contributed by atoms with Crippen molar-refractivity contribution in [1.82, 2.24) is 0 Å². The number of nitrogens with zero attached hydrogens (tertiary/aromatic N) is 1. The minimum atomic E-state index is -0.293. The molecule has 0 saturated heterocycles. The summed E-state index contributed by atoms with van der Waals surface area (Å²) in [5, 5.41) is 14.3. The molecule has 0 spiro atoms. The SMILES string of the molecule is N#CC(Nc1ccccc1)c1cc(Br)cs1. The molecule has 16 heavy (non-hydrogen) atoms. The molecule has 0 aliphatic heterocycles. The van der Waals surface area contributed by atoms with Crippen molar-refractivity contribution < 1.29 is 0 Å². The third-order valence-corrected chi connectivity index (χ3v) is 3.84. The molecule has 0 saturated carbocycles. The summed E-state index contributed by atoms with van der Waals surface area (Å²) >= 11 is 4.96. The summed E-state index contributed by atoms with van der Waals surface area (Å²) in [7, 11) is 0. The Bertz CT molecular complexity index is 501. The van der Waals surface area contributed by atoms with Crippen LogP contribution >= 0.6 is 27.3 Å². The van der Waals surface area contributed by atoms with E-state index in [1.165, 1.54) is 0 Å². The molecule has 1 heterocycles. The first-order valence-corrected chi connectivity index (χ1v) is 6.42. The molecule has 2 aromatic rings. The van der Waals surface area contributed by atoms with Crippen LogP contribution in [0.3, 0.4) is 0 Å². The predicted molar refractivity (Wildman–Crippen MR) is 70.4 cm³/mol. The van der Waals surface area contributed by atoms with E-state index in [2.05, 4.69) is 27.3 Å². The van der Waals surface area contributed by atoms with E-state index < -0.39 is 0 Å². The molecule has 0 aliphatic carbocycles. The van der Waals surface area contributed by atoms with Crippen molar-refractivity contribution in [2.24, 2.45) is 0 Å². The van der Waals surface area contributed by atoms with Crippen LogP contribution < -0.4 is 5.32 Å². The lowest BCUT2D eigenvalue weighted by molar-refractivity contribution is 1.03. The summed E-state index contributed by atoms with van der Waals surface area (Å²) in [4.78, 5) is 1.01. The van der Waals surface area contributed by atoms with Gasteiger partial charge in [0, 0.05) is 20.4 Å². The molecule has 2 rings (SSSR count). The second kappa shape index (κ2) is 5.15. The van der Waals surface area contributed by atoms with Gasteiger partial charge in [0.15, 0.2) is 0 Å². The van der Waals surface area contributed by atoms with Crippen LogP contribution in [0.4, 0.5) is 5.69 Å². The van der Waals surface area contributed by atoms with Crippen molar-refractivity contribution in [3.05, 3.63) is 51.1 Å². The molecule has 0 fully saturated rings. The van der Waals surface area contributed by atoms with Crippen molar-refractivity contribution >= 4 is 33.0 Å². The summed E-state index contributed by atoms with van der Waals surface area (Å²) in [5.74, 6) is 0. The first-order chi connectivity index (χ1) is 7.79. The van der Waals surface area contributed by atoms with Crippen LogP contribution in [0.5, 0.6) is 0 Å². The Morgan fingerprint density at radius 2 is 2.06 bits per heavy atom. The molecular weight excluding hydrogens is 284 g/mol. The number of anilines is 1. The zero-order valence-corrected chi connectivity index (χ0v) is 10.8. The van der Waals surface area contributed by atoms with Gasteiger partial charge in [0.2, 0.25) is 0 Å². The molecule has 1 N–H and O–H groups in total. The van der Waals surface area contributed by atoms with E-state index in [1.54, 1.807) is 11.3 Å². The van der Waals surface area contributed by atoms with E-state index in [-0.39, 0.29) is 6.04 Å². The first kappa shape index (κ1) is 11.2. The lowest BCUT2D eigenvalue weighted by Gasteiger charge is -2.10. The molecule has 0 bridgehead atoms. The average molecular weight is 293 g/mol. The van der Waals surface area contributed by atoms with Gasteiger partial charge in [-0.1, -0.05) is 18.2 Å². The molecule has 1 aromatic carbocycles. The van der Waals surface area contributed by atoms with Crippen molar-refractivity contribution in [2.45, 2.75) is 6.04 Å². The maximum absolute atomic E-state index is 9.13. The molecule has 0 radical (unpaired) electrons. The van der Waals surface area contributed by atoms with Crippen LogP contribution in [0, 0.1) is 11.3 Å². The predicted octanol–water partition coefficient (Wildman–Crippen LogP) is 4.19. The van der Waals surface area contributed by atoms with Crippen molar-refractivity contribution in [3.8, 4) is 6.07 Å². The number of nitrogens with one attached hydrogen (secondary N) is 1. The smallest absolute Gasteiger partial charge is 0.149 e. The Labute approximate surface area is 107 Å². The zero-order valence-electron chi connectivity index (χ0n) is 8.35. The minimum Gasteiger partial charge on any atom is -0.366 e. The quantitative estimate of drug-likeness (QED) is 0.921. The van der Waals surface area contributed by atoms with Crippen LogP contribution in [0.25, 0.3) is 0 Å². The Morgan fingerprint density at radius 1 is 1.31 bits per heavy atom. The van der Waals surface area contributed by atoms with Crippen molar-refractivity contribution in [2.75, 3.05) is 5.32 Å². The maximum Gasteiger partial charge on any atom is 0.149 e. The van der Waals surface area contributed by atoms with Gasteiger partial charge in [0.25, 0.3) is 0 Å². The van der Waals surface area contributed by atoms with E-state index in [0.29, 0.717) is 0 Å². The fourth-order valence-electron chi connectivity index (χ4n) is 1.35. The molecule has 0 aliphatic rings. The summed E-state index contributed by atoms with van der Waals surface area (Å²) in [5.41, 5.74) is 0.957. The van der Waals surface area contributed by atoms with Gasteiger partial charge in [-0.3, -0.25) is 0 Å². The van der Waals surface area contributed by atoms with Crippen molar-refractivity contribution in [1.29, 1.82) is 5.26 Å². The molecule has 1 aromatic heterocycles. The largest absolute Gasteiger partial charge is 0.366 e. The van der Waals surface area contributed by atoms with Gasteiger partial charge < -0.3 is 5.32 Å². The first-order valence-electron chi connectivity index (χ1n) is 4.75. The monoisotopic (exact) mass is 292 g/mol. The molecule has 80 valence electrons. The number of para-hydroxylation sites is 1. The standard InChI is InChI=1S/C12H9BrN2S/c13-9-6-12(16-8-9)11(7-14)15-10-4-2-1-3-5-10/h1-6,8,11,15H. The Kier molecular flexibility index (Phi) is 3.60. The van der Waals surface area contributed by atoms with Crippen LogP contribution in [-0.4, -0.2) is 0 Å². The summed E-state index contributed by atoms with van der Waals surface area (Å²) < 4.78 is 1.02. The van der Waals surface area contributed by atoms with E-state index >= 15 is 0 Å². The van der Waals surface area contributed by atoms with E-state index in [9.17, 15) is 0 Å². The van der Waals surface area contributed by atoms with Crippen LogP contribution in [0.15, 0.2) is 46.3 Å². The van der Waals surface area contributed by atoms with E-state index in [0.717, 1.165) is 15.0 Å². The summed E-state index contributed by atoms with van der Waals surface area (Å²) in [6.45, 7) is 0. The highest BCUT2D eigenvalue weighted by Gasteiger charge is 2.12. The van der Waals surface area contributed by atoms with Crippen LogP contribution in [0.2, 0.25) is 0 Å². The van der Waals surface area contributed by atoms with Gasteiger partial charge in [-0.15, -0.1) is 11.3 Å². The lowest BCUT2D eigenvalue weighted by atomic mass is 10.2. The Hall–Kier alpha value is -1.31. The number of hydrogen-bond donors (Lipinski definition) is 1. The zero-order chi connectivity index (χ0) is 11.4. The molecule has 0 amide bonds. The molecule has 1 atom stereocenters. The number of benzene rings is 1. The fraction of sp³-hybridized carbons (Fsp3) is 0.0833. The molecular formula is C12H9BrN2S. The summed E-state index contributed by atoms with van der Waals surface area (Å²) in [6.07, 6.45) is 0. The Morgan fingerprint density at radius 3 is 2.62 bits per heavy atom. The van der Waals surface area contributed by atoms with Crippen molar-refractivity contribution in [3.63, 3.8) is 0 Å². The normalized spacial score (nSPS) is 11.8. The lowest BCUT2D eigenvalue weighted by Crippen LogP contribution is -2.06. The number of nitriles is 1. The minimum absolute atomic E-state index is 0.293. The Balaban J connectivity index is 2.16. The van der Waals surface area contributed by atoms with Gasteiger partial charge in [-0.2, -0.15) is 5.26 Å².